The Morgan fingerprint density at radius 1 is 1.16 bits per heavy atom. The largest absolute Gasteiger partial charge is 0.491 e. The molecule has 1 rings (SSSR count). The second-order valence-electron chi connectivity index (χ2n) is 4.09. The summed E-state index contributed by atoms with van der Waals surface area (Å²) in [5, 5.41) is 2.98. The van der Waals surface area contributed by atoms with Crippen molar-refractivity contribution >= 4 is 0 Å². The van der Waals surface area contributed by atoms with Crippen LogP contribution in [0.3, 0.4) is 0 Å². The first-order valence-electron chi connectivity index (χ1n) is 6.40. The Hall–Kier alpha value is -1.17. The van der Waals surface area contributed by atoms with Gasteiger partial charge in [0.2, 0.25) is 0 Å². The van der Waals surface area contributed by atoms with Crippen molar-refractivity contribution in [1.29, 1.82) is 0 Å². The minimum Gasteiger partial charge on any atom is -0.491 e. The summed E-state index contributed by atoms with van der Waals surface area (Å²) < 4.78 is 29.0. The van der Waals surface area contributed by atoms with E-state index in [1.54, 1.807) is 13.2 Å². The lowest BCUT2D eigenvalue weighted by molar-refractivity contribution is 0.0804. The third-order valence-electron chi connectivity index (χ3n) is 2.51. The second-order valence-corrected chi connectivity index (χ2v) is 4.09. The molecule has 0 saturated heterocycles. The van der Waals surface area contributed by atoms with Gasteiger partial charge in [0.15, 0.2) is 0 Å². The van der Waals surface area contributed by atoms with Crippen LogP contribution in [0, 0.1) is 5.82 Å². The van der Waals surface area contributed by atoms with E-state index in [4.69, 9.17) is 14.2 Å². The Morgan fingerprint density at radius 3 is 2.74 bits per heavy atom. The van der Waals surface area contributed by atoms with Crippen molar-refractivity contribution in [2.24, 2.45) is 0 Å². The maximum absolute atomic E-state index is 13.1. The molecule has 1 aromatic carbocycles. The van der Waals surface area contributed by atoms with Crippen molar-refractivity contribution in [2.75, 3.05) is 40.6 Å². The van der Waals surface area contributed by atoms with Crippen molar-refractivity contribution in [1.82, 2.24) is 5.32 Å². The van der Waals surface area contributed by atoms with Crippen LogP contribution in [0.1, 0.15) is 12.0 Å². The molecule has 1 aromatic rings. The van der Waals surface area contributed by atoms with Gasteiger partial charge in [-0.05, 0) is 31.7 Å². The molecule has 19 heavy (non-hydrogen) atoms. The number of halogens is 1. The van der Waals surface area contributed by atoms with Gasteiger partial charge in [-0.15, -0.1) is 0 Å². The molecule has 0 unspecified atom stereocenters. The Kier molecular flexibility index (Phi) is 8.13. The normalized spacial score (nSPS) is 10.7. The zero-order chi connectivity index (χ0) is 13.9. The molecule has 0 aliphatic carbocycles. The summed E-state index contributed by atoms with van der Waals surface area (Å²) in [7, 11) is 3.48. The van der Waals surface area contributed by atoms with Crippen LogP contribution in [0.4, 0.5) is 4.39 Å². The number of benzene rings is 1. The van der Waals surface area contributed by atoms with Crippen molar-refractivity contribution < 1.29 is 18.6 Å². The predicted octanol–water partition coefficient (Wildman–Crippen LogP) is 1.98. The van der Waals surface area contributed by atoms with Gasteiger partial charge in [-0.2, -0.15) is 0 Å². The van der Waals surface area contributed by atoms with Gasteiger partial charge in [0, 0.05) is 32.4 Å². The predicted molar refractivity (Wildman–Crippen MR) is 72.0 cm³/mol. The van der Waals surface area contributed by atoms with Crippen LogP contribution >= 0.6 is 0 Å². The summed E-state index contributed by atoms with van der Waals surface area (Å²) in [6, 6.07) is 4.52. The van der Waals surface area contributed by atoms with Crippen LogP contribution in [-0.4, -0.2) is 40.6 Å². The number of rotatable bonds is 10. The van der Waals surface area contributed by atoms with E-state index < -0.39 is 0 Å². The zero-order valence-electron chi connectivity index (χ0n) is 11.6. The minimum absolute atomic E-state index is 0.256. The Bertz CT molecular complexity index is 361. The molecular weight excluding hydrogens is 249 g/mol. The summed E-state index contributed by atoms with van der Waals surface area (Å²) in [5.41, 5.74) is 0.807. The summed E-state index contributed by atoms with van der Waals surface area (Å²) in [4.78, 5) is 0. The minimum atomic E-state index is -0.256. The van der Waals surface area contributed by atoms with E-state index in [0.717, 1.165) is 12.0 Å². The molecule has 108 valence electrons. The lowest BCUT2D eigenvalue weighted by Gasteiger charge is -2.11. The average Bonchev–Trinajstić information content (AvgIpc) is 2.40. The van der Waals surface area contributed by atoms with E-state index in [1.165, 1.54) is 12.1 Å². The number of hydrogen-bond acceptors (Lipinski definition) is 4. The molecule has 0 heterocycles. The third kappa shape index (κ3) is 6.52. The Morgan fingerprint density at radius 2 is 2.00 bits per heavy atom. The highest BCUT2D eigenvalue weighted by Gasteiger charge is 2.04. The monoisotopic (exact) mass is 271 g/mol. The van der Waals surface area contributed by atoms with E-state index >= 15 is 0 Å². The van der Waals surface area contributed by atoms with Gasteiger partial charge in [0.05, 0.1) is 6.61 Å². The highest BCUT2D eigenvalue weighted by Crippen LogP contribution is 2.19. The molecule has 0 spiro atoms. The van der Waals surface area contributed by atoms with Crippen molar-refractivity contribution in [2.45, 2.75) is 13.0 Å². The van der Waals surface area contributed by atoms with Gasteiger partial charge < -0.3 is 19.5 Å². The second kappa shape index (κ2) is 9.72. The van der Waals surface area contributed by atoms with Gasteiger partial charge >= 0.3 is 0 Å². The number of ether oxygens (including phenoxy) is 3. The van der Waals surface area contributed by atoms with Gasteiger partial charge in [-0.3, -0.25) is 0 Å². The smallest absolute Gasteiger partial charge is 0.124 e. The van der Waals surface area contributed by atoms with E-state index in [2.05, 4.69) is 5.32 Å². The number of methoxy groups -OCH3 is 1. The van der Waals surface area contributed by atoms with E-state index in [1.807, 2.05) is 7.05 Å². The quantitative estimate of drug-likeness (QED) is 0.661. The first-order valence-corrected chi connectivity index (χ1v) is 6.40. The maximum Gasteiger partial charge on any atom is 0.124 e. The van der Waals surface area contributed by atoms with Gasteiger partial charge in [-0.1, -0.05) is 0 Å². The molecule has 0 fully saturated rings. The van der Waals surface area contributed by atoms with Gasteiger partial charge in [-0.25, -0.2) is 4.39 Å². The SMILES string of the molecule is CNCc1cc(F)ccc1OCCOCCCOC. The highest BCUT2D eigenvalue weighted by atomic mass is 19.1. The van der Waals surface area contributed by atoms with Crippen molar-refractivity contribution in [3.63, 3.8) is 0 Å². The van der Waals surface area contributed by atoms with Crippen molar-refractivity contribution in [3.05, 3.63) is 29.6 Å². The molecular formula is C14H22FNO3. The number of nitrogens with one attached hydrogen (secondary N) is 1. The molecule has 0 aliphatic rings. The summed E-state index contributed by atoms with van der Waals surface area (Å²) >= 11 is 0. The van der Waals surface area contributed by atoms with Crippen LogP contribution < -0.4 is 10.1 Å². The molecule has 0 aromatic heterocycles. The molecule has 0 amide bonds. The van der Waals surface area contributed by atoms with Crippen LogP contribution in [0.15, 0.2) is 18.2 Å². The molecule has 0 saturated carbocycles. The van der Waals surface area contributed by atoms with Gasteiger partial charge in [0.25, 0.3) is 0 Å². The first kappa shape index (κ1) is 15.9. The lowest BCUT2D eigenvalue weighted by Crippen LogP contribution is -2.12. The fourth-order valence-electron chi connectivity index (χ4n) is 1.64. The molecule has 0 atom stereocenters. The van der Waals surface area contributed by atoms with E-state index in [-0.39, 0.29) is 5.82 Å². The fraction of sp³-hybridized carbons (Fsp3) is 0.571. The molecule has 0 aliphatic heterocycles. The third-order valence-corrected chi connectivity index (χ3v) is 2.51. The molecule has 5 heteroatoms. The van der Waals surface area contributed by atoms with Crippen LogP contribution in [0.2, 0.25) is 0 Å². The average molecular weight is 271 g/mol. The molecule has 0 radical (unpaired) electrons. The number of hydrogen-bond donors (Lipinski definition) is 1. The summed E-state index contributed by atoms with van der Waals surface area (Å²) in [6.07, 6.45) is 0.873. The molecule has 4 nitrogen and oxygen atoms in total. The van der Waals surface area contributed by atoms with Crippen LogP contribution in [-0.2, 0) is 16.0 Å². The van der Waals surface area contributed by atoms with Crippen LogP contribution in [0.5, 0.6) is 5.75 Å². The van der Waals surface area contributed by atoms with Gasteiger partial charge in [0.1, 0.15) is 18.2 Å². The standard InChI is InChI=1S/C14H22FNO3/c1-16-11-12-10-13(15)4-5-14(12)19-9-8-18-7-3-6-17-2/h4-5,10,16H,3,6-9,11H2,1-2H3. The van der Waals surface area contributed by atoms with Crippen molar-refractivity contribution in [3.8, 4) is 5.75 Å². The summed E-state index contributed by atoms with van der Waals surface area (Å²) in [6.45, 7) is 2.90. The first-order chi connectivity index (χ1) is 9.27. The van der Waals surface area contributed by atoms with Crippen LogP contribution in [0.25, 0.3) is 0 Å². The lowest BCUT2D eigenvalue weighted by atomic mass is 10.2. The van der Waals surface area contributed by atoms with E-state index in [0.29, 0.717) is 38.7 Å². The topological polar surface area (TPSA) is 39.7 Å². The molecule has 1 N–H and O–H groups in total. The zero-order valence-corrected chi connectivity index (χ0v) is 11.6. The molecule has 0 bridgehead atoms. The Balaban J connectivity index is 2.28. The Labute approximate surface area is 113 Å². The van der Waals surface area contributed by atoms with E-state index in [9.17, 15) is 4.39 Å². The fourth-order valence-corrected chi connectivity index (χ4v) is 1.64. The summed E-state index contributed by atoms with van der Waals surface area (Å²) in [5.74, 6) is 0.435. The highest BCUT2D eigenvalue weighted by molar-refractivity contribution is 5.33. The maximum atomic E-state index is 13.1.